The van der Waals surface area contributed by atoms with Crippen LogP contribution < -0.4 is 11.1 Å². The fourth-order valence-electron chi connectivity index (χ4n) is 2.86. The molecule has 0 bridgehead atoms. The third kappa shape index (κ3) is 3.09. The fourth-order valence-corrected chi connectivity index (χ4v) is 2.86. The molecule has 4 atom stereocenters. The molecule has 0 spiro atoms. The molecule has 1 aromatic rings. The number of hydrogen-bond acceptors (Lipinski definition) is 2. The summed E-state index contributed by atoms with van der Waals surface area (Å²) in [6.45, 7) is 6.43. The minimum absolute atomic E-state index is 0.108. The van der Waals surface area contributed by atoms with E-state index in [4.69, 9.17) is 5.73 Å². The number of anilines is 1. The highest BCUT2D eigenvalue weighted by Crippen LogP contribution is 2.31. The minimum Gasteiger partial charge on any atom is -0.399 e. The van der Waals surface area contributed by atoms with Gasteiger partial charge in [0.2, 0.25) is 5.91 Å². The van der Waals surface area contributed by atoms with E-state index in [9.17, 15) is 4.79 Å². The van der Waals surface area contributed by atoms with Crippen LogP contribution in [-0.2, 0) is 4.79 Å². The van der Waals surface area contributed by atoms with Crippen molar-refractivity contribution in [2.45, 2.75) is 45.6 Å². The smallest absolute Gasteiger partial charge is 0.227 e. The highest BCUT2D eigenvalue weighted by molar-refractivity contribution is 5.83. The van der Waals surface area contributed by atoms with Crippen LogP contribution >= 0.6 is 0 Å². The van der Waals surface area contributed by atoms with Crippen molar-refractivity contribution in [1.82, 2.24) is 5.32 Å². The van der Waals surface area contributed by atoms with Gasteiger partial charge in [0.25, 0.3) is 0 Å². The van der Waals surface area contributed by atoms with Crippen molar-refractivity contribution in [2.24, 2.45) is 11.8 Å². The highest BCUT2D eigenvalue weighted by atomic mass is 16.1. The minimum atomic E-state index is -0.147. The molecule has 4 unspecified atom stereocenters. The number of rotatable bonds is 3. The molecule has 0 aliphatic heterocycles. The zero-order valence-electron chi connectivity index (χ0n) is 12.0. The van der Waals surface area contributed by atoms with Crippen LogP contribution in [0.5, 0.6) is 0 Å². The fraction of sp³-hybridized carbons (Fsp3) is 0.562. The van der Waals surface area contributed by atoms with Gasteiger partial charge in [-0.05, 0) is 49.3 Å². The second kappa shape index (κ2) is 5.64. The van der Waals surface area contributed by atoms with Crippen LogP contribution in [-0.4, -0.2) is 11.9 Å². The van der Waals surface area contributed by atoms with E-state index in [1.54, 1.807) is 0 Å². The summed E-state index contributed by atoms with van der Waals surface area (Å²) < 4.78 is 0. The highest BCUT2D eigenvalue weighted by Gasteiger charge is 2.31. The number of nitrogens with one attached hydrogen (secondary N) is 1. The lowest BCUT2D eigenvalue weighted by Gasteiger charge is -2.22. The molecule has 3 nitrogen and oxygen atoms in total. The van der Waals surface area contributed by atoms with Gasteiger partial charge in [-0.2, -0.15) is 0 Å². The maximum absolute atomic E-state index is 12.3. The first-order valence-corrected chi connectivity index (χ1v) is 7.15. The molecule has 1 fully saturated rings. The Balaban J connectivity index is 2.00. The van der Waals surface area contributed by atoms with Crippen molar-refractivity contribution in [2.75, 3.05) is 5.73 Å². The SMILES string of the molecule is CC(C(=O)NC1CCC(C)C1C)c1cccc(N)c1. The maximum atomic E-state index is 12.3. The van der Waals surface area contributed by atoms with Crippen LogP contribution in [0, 0.1) is 11.8 Å². The number of nitrogen functional groups attached to an aromatic ring is 1. The van der Waals surface area contributed by atoms with Crippen LogP contribution in [0.15, 0.2) is 24.3 Å². The summed E-state index contributed by atoms with van der Waals surface area (Å²) in [6.07, 6.45) is 2.30. The first-order chi connectivity index (χ1) is 8.99. The van der Waals surface area contributed by atoms with Gasteiger partial charge < -0.3 is 11.1 Å². The zero-order valence-corrected chi connectivity index (χ0v) is 12.0. The Labute approximate surface area is 115 Å². The van der Waals surface area contributed by atoms with Gasteiger partial charge in [0.1, 0.15) is 0 Å². The monoisotopic (exact) mass is 260 g/mol. The molecule has 1 aliphatic carbocycles. The molecular formula is C16H24N2O. The van der Waals surface area contributed by atoms with Gasteiger partial charge in [-0.25, -0.2) is 0 Å². The number of carbonyl (C=O) groups is 1. The third-order valence-corrected chi connectivity index (χ3v) is 4.60. The van der Waals surface area contributed by atoms with Crippen molar-refractivity contribution in [3.05, 3.63) is 29.8 Å². The van der Waals surface area contributed by atoms with Gasteiger partial charge in [0.05, 0.1) is 5.92 Å². The molecule has 1 saturated carbocycles. The summed E-state index contributed by atoms with van der Waals surface area (Å²) in [5.74, 6) is 1.23. The second-order valence-corrected chi connectivity index (χ2v) is 5.92. The quantitative estimate of drug-likeness (QED) is 0.821. The Hall–Kier alpha value is -1.51. The summed E-state index contributed by atoms with van der Waals surface area (Å²) in [5.41, 5.74) is 7.46. The van der Waals surface area contributed by atoms with Crippen molar-refractivity contribution < 1.29 is 4.79 Å². The molecule has 3 heteroatoms. The number of nitrogens with two attached hydrogens (primary N) is 1. The molecule has 1 amide bonds. The summed E-state index contributed by atoms with van der Waals surface area (Å²) in [5, 5.41) is 3.20. The van der Waals surface area contributed by atoms with E-state index in [1.165, 1.54) is 6.42 Å². The Kier molecular flexibility index (Phi) is 4.13. The Morgan fingerprint density at radius 1 is 1.37 bits per heavy atom. The summed E-state index contributed by atoms with van der Waals surface area (Å²) in [4.78, 5) is 12.3. The molecule has 2 rings (SSSR count). The van der Waals surface area contributed by atoms with Gasteiger partial charge in [0.15, 0.2) is 0 Å². The summed E-state index contributed by atoms with van der Waals surface area (Å²) in [7, 11) is 0. The summed E-state index contributed by atoms with van der Waals surface area (Å²) in [6, 6.07) is 7.90. The lowest BCUT2D eigenvalue weighted by molar-refractivity contribution is -0.123. The molecule has 104 valence electrons. The average molecular weight is 260 g/mol. The Morgan fingerprint density at radius 2 is 2.11 bits per heavy atom. The largest absolute Gasteiger partial charge is 0.399 e. The van der Waals surface area contributed by atoms with Crippen LogP contribution in [0.25, 0.3) is 0 Å². The molecule has 3 N–H and O–H groups in total. The lowest BCUT2D eigenvalue weighted by Crippen LogP contribution is -2.39. The van der Waals surface area contributed by atoms with Crippen molar-refractivity contribution in [3.8, 4) is 0 Å². The number of amides is 1. The predicted octanol–water partition coefficient (Wildman–Crippen LogP) is 2.92. The van der Waals surface area contributed by atoms with Gasteiger partial charge in [0, 0.05) is 11.7 Å². The number of hydrogen-bond donors (Lipinski definition) is 2. The number of carbonyl (C=O) groups excluding carboxylic acids is 1. The van der Waals surface area contributed by atoms with Gasteiger partial charge in [-0.1, -0.05) is 26.0 Å². The van der Waals surface area contributed by atoms with Crippen molar-refractivity contribution >= 4 is 11.6 Å². The van der Waals surface area contributed by atoms with Crippen LogP contribution in [0.2, 0.25) is 0 Å². The van der Waals surface area contributed by atoms with Crippen molar-refractivity contribution in [1.29, 1.82) is 0 Å². The average Bonchev–Trinajstić information content (AvgIpc) is 2.70. The second-order valence-electron chi connectivity index (χ2n) is 5.92. The van der Waals surface area contributed by atoms with Crippen LogP contribution in [0.3, 0.4) is 0 Å². The molecular weight excluding hydrogens is 236 g/mol. The van der Waals surface area contributed by atoms with Crippen molar-refractivity contribution in [3.63, 3.8) is 0 Å². The molecule has 19 heavy (non-hydrogen) atoms. The lowest BCUT2D eigenvalue weighted by atomic mass is 9.96. The van der Waals surface area contributed by atoms with E-state index in [0.717, 1.165) is 12.0 Å². The first-order valence-electron chi connectivity index (χ1n) is 7.15. The molecule has 0 aromatic heterocycles. The van der Waals surface area contributed by atoms with Gasteiger partial charge in [-0.3, -0.25) is 4.79 Å². The van der Waals surface area contributed by atoms with Crippen LogP contribution in [0.4, 0.5) is 5.69 Å². The summed E-state index contributed by atoms with van der Waals surface area (Å²) >= 11 is 0. The molecule has 1 aliphatic rings. The normalized spacial score (nSPS) is 28.1. The first kappa shape index (κ1) is 13.9. The molecule has 1 aromatic carbocycles. The van der Waals surface area contributed by atoms with E-state index in [1.807, 2.05) is 31.2 Å². The number of benzene rings is 1. The topological polar surface area (TPSA) is 55.1 Å². The van der Waals surface area contributed by atoms with E-state index >= 15 is 0 Å². The maximum Gasteiger partial charge on any atom is 0.227 e. The van der Waals surface area contributed by atoms with E-state index < -0.39 is 0 Å². The Bertz CT molecular complexity index is 458. The predicted molar refractivity (Wildman–Crippen MR) is 78.8 cm³/mol. The Morgan fingerprint density at radius 3 is 2.68 bits per heavy atom. The third-order valence-electron chi connectivity index (χ3n) is 4.60. The van der Waals surface area contributed by atoms with Gasteiger partial charge in [-0.15, -0.1) is 0 Å². The zero-order chi connectivity index (χ0) is 14.0. The standard InChI is InChI=1S/C16H24N2O/c1-10-7-8-15(11(10)2)18-16(19)12(3)13-5-4-6-14(17)9-13/h4-6,9-12,15H,7-8,17H2,1-3H3,(H,18,19). The van der Waals surface area contributed by atoms with E-state index in [2.05, 4.69) is 19.2 Å². The molecule has 0 heterocycles. The molecule has 0 saturated heterocycles. The van der Waals surface area contributed by atoms with Gasteiger partial charge >= 0.3 is 0 Å². The van der Waals surface area contributed by atoms with E-state index in [-0.39, 0.29) is 11.8 Å². The van der Waals surface area contributed by atoms with E-state index in [0.29, 0.717) is 23.6 Å². The van der Waals surface area contributed by atoms with Crippen LogP contribution in [0.1, 0.15) is 45.1 Å². The molecule has 0 radical (unpaired) electrons.